The molecule has 0 aromatic rings. The summed E-state index contributed by atoms with van der Waals surface area (Å²) >= 11 is 0. The first kappa shape index (κ1) is 9.93. The van der Waals surface area contributed by atoms with E-state index in [-0.39, 0.29) is 12.1 Å². The van der Waals surface area contributed by atoms with Crippen molar-refractivity contribution >= 4 is 5.97 Å². The van der Waals surface area contributed by atoms with Gasteiger partial charge in [0.1, 0.15) is 0 Å². The van der Waals surface area contributed by atoms with E-state index in [1.165, 1.54) is 6.42 Å². The lowest BCUT2D eigenvalue weighted by Gasteiger charge is -2.41. The van der Waals surface area contributed by atoms with E-state index in [4.69, 9.17) is 5.11 Å². The molecule has 2 heterocycles. The molecule has 80 valence electrons. The van der Waals surface area contributed by atoms with Gasteiger partial charge in [0.2, 0.25) is 0 Å². The zero-order valence-corrected chi connectivity index (χ0v) is 8.46. The summed E-state index contributed by atoms with van der Waals surface area (Å²) in [5.41, 5.74) is 0.212. The quantitative estimate of drug-likeness (QED) is 0.669. The van der Waals surface area contributed by atoms with Crippen LogP contribution >= 0.6 is 0 Å². The van der Waals surface area contributed by atoms with Crippen LogP contribution in [0.4, 0.5) is 0 Å². The van der Waals surface area contributed by atoms with Gasteiger partial charge >= 0.3 is 5.97 Å². The fourth-order valence-electron chi connectivity index (χ4n) is 2.86. The molecule has 0 saturated carbocycles. The third-order valence-electron chi connectivity index (χ3n) is 3.60. The van der Waals surface area contributed by atoms with Gasteiger partial charge in [0.25, 0.3) is 0 Å². The molecule has 0 aromatic carbocycles. The molecule has 2 rings (SSSR count). The Labute approximate surface area is 84.3 Å². The highest BCUT2D eigenvalue weighted by atomic mass is 16.4. The van der Waals surface area contributed by atoms with E-state index in [9.17, 15) is 4.79 Å². The molecular weight excluding hydrogens is 180 g/mol. The summed E-state index contributed by atoms with van der Waals surface area (Å²) < 4.78 is 0. The van der Waals surface area contributed by atoms with Gasteiger partial charge in [-0.15, -0.1) is 0 Å². The van der Waals surface area contributed by atoms with Crippen LogP contribution < -0.4 is 5.32 Å². The number of carboxylic acid groups (broad SMARTS) is 1. The van der Waals surface area contributed by atoms with Crippen LogP contribution in [0.25, 0.3) is 0 Å². The number of carbonyl (C=O) groups is 1. The summed E-state index contributed by atoms with van der Waals surface area (Å²) in [6, 6.07) is 0. The lowest BCUT2D eigenvalue weighted by atomic mass is 9.86. The van der Waals surface area contributed by atoms with E-state index in [0.717, 1.165) is 38.9 Å². The maximum Gasteiger partial charge on any atom is 0.317 e. The maximum absolute atomic E-state index is 10.7. The molecular formula is C10H18N2O2. The fraction of sp³-hybridized carbons (Fsp3) is 0.900. The normalized spacial score (nSPS) is 26.9. The third-order valence-corrected chi connectivity index (χ3v) is 3.60. The highest BCUT2D eigenvalue weighted by Gasteiger charge is 2.41. The van der Waals surface area contributed by atoms with Crippen LogP contribution in [0.15, 0.2) is 0 Å². The molecule has 0 aliphatic carbocycles. The molecule has 0 atom stereocenters. The number of aliphatic carboxylic acids is 1. The van der Waals surface area contributed by atoms with Gasteiger partial charge in [-0.3, -0.25) is 9.69 Å². The first-order valence-corrected chi connectivity index (χ1v) is 5.41. The van der Waals surface area contributed by atoms with Gasteiger partial charge in [0.15, 0.2) is 0 Å². The first-order chi connectivity index (χ1) is 6.73. The van der Waals surface area contributed by atoms with Gasteiger partial charge in [0.05, 0.1) is 6.54 Å². The Bertz CT molecular complexity index is 224. The Balaban J connectivity index is 2.03. The molecule has 4 heteroatoms. The van der Waals surface area contributed by atoms with Crippen molar-refractivity contribution in [3.63, 3.8) is 0 Å². The molecule has 2 N–H and O–H groups in total. The SMILES string of the molecule is O=C(O)CN1CCCC12CCNCC2. The fourth-order valence-corrected chi connectivity index (χ4v) is 2.86. The lowest BCUT2D eigenvalue weighted by Crippen LogP contribution is -2.52. The van der Waals surface area contributed by atoms with Gasteiger partial charge in [-0.25, -0.2) is 0 Å². The summed E-state index contributed by atoms with van der Waals surface area (Å²) in [5.74, 6) is -0.690. The van der Waals surface area contributed by atoms with Gasteiger partial charge < -0.3 is 10.4 Å². The second-order valence-electron chi connectivity index (χ2n) is 4.39. The van der Waals surface area contributed by atoms with Crippen LogP contribution in [-0.4, -0.2) is 47.7 Å². The van der Waals surface area contributed by atoms with Crippen molar-refractivity contribution in [2.24, 2.45) is 0 Å². The summed E-state index contributed by atoms with van der Waals surface area (Å²) in [5, 5.41) is 12.2. The number of likely N-dealkylation sites (tertiary alicyclic amines) is 1. The van der Waals surface area contributed by atoms with Crippen LogP contribution in [0.1, 0.15) is 25.7 Å². The standard InChI is InChI=1S/C10H18N2O2/c13-9(14)8-12-7-1-2-10(12)3-5-11-6-4-10/h11H,1-8H2,(H,13,14). The zero-order chi connectivity index (χ0) is 10.0. The number of hydrogen-bond acceptors (Lipinski definition) is 3. The average molecular weight is 198 g/mol. The topological polar surface area (TPSA) is 52.6 Å². The first-order valence-electron chi connectivity index (χ1n) is 5.41. The monoisotopic (exact) mass is 198 g/mol. The number of nitrogens with zero attached hydrogens (tertiary/aromatic N) is 1. The van der Waals surface area contributed by atoms with Crippen molar-refractivity contribution in [2.45, 2.75) is 31.2 Å². The highest BCUT2D eigenvalue weighted by Crippen LogP contribution is 2.36. The third kappa shape index (κ3) is 1.77. The molecule has 2 aliphatic heterocycles. The lowest BCUT2D eigenvalue weighted by molar-refractivity contribution is -0.139. The smallest absolute Gasteiger partial charge is 0.317 e. The molecule has 14 heavy (non-hydrogen) atoms. The van der Waals surface area contributed by atoms with E-state index in [0.29, 0.717) is 0 Å². The van der Waals surface area contributed by atoms with Crippen molar-refractivity contribution in [2.75, 3.05) is 26.2 Å². The minimum atomic E-state index is -0.690. The number of carboxylic acids is 1. The van der Waals surface area contributed by atoms with E-state index >= 15 is 0 Å². The molecule has 2 saturated heterocycles. The van der Waals surface area contributed by atoms with Gasteiger partial charge in [-0.1, -0.05) is 0 Å². The largest absolute Gasteiger partial charge is 0.480 e. The zero-order valence-electron chi connectivity index (χ0n) is 8.46. The molecule has 1 spiro atoms. The molecule has 0 bridgehead atoms. The van der Waals surface area contributed by atoms with E-state index in [1.54, 1.807) is 0 Å². The van der Waals surface area contributed by atoms with E-state index in [2.05, 4.69) is 10.2 Å². The van der Waals surface area contributed by atoms with Gasteiger partial charge in [0, 0.05) is 5.54 Å². The van der Waals surface area contributed by atoms with Gasteiger partial charge in [-0.2, -0.15) is 0 Å². The molecule has 0 radical (unpaired) electrons. The Morgan fingerprint density at radius 3 is 2.71 bits per heavy atom. The van der Waals surface area contributed by atoms with E-state index in [1.807, 2.05) is 0 Å². The molecule has 0 amide bonds. The number of hydrogen-bond donors (Lipinski definition) is 2. The Hall–Kier alpha value is -0.610. The van der Waals surface area contributed by atoms with Crippen molar-refractivity contribution in [3.05, 3.63) is 0 Å². The van der Waals surface area contributed by atoms with Crippen molar-refractivity contribution in [1.29, 1.82) is 0 Å². The number of piperidine rings is 1. The molecule has 0 aromatic heterocycles. The summed E-state index contributed by atoms with van der Waals surface area (Å²) in [4.78, 5) is 12.9. The van der Waals surface area contributed by atoms with Crippen LogP contribution in [0.2, 0.25) is 0 Å². The molecule has 2 fully saturated rings. The minimum Gasteiger partial charge on any atom is -0.480 e. The second kappa shape index (κ2) is 3.87. The maximum atomic E-state index is 10.7. The van der Waals surface area contributed by atoms with Crippen molar-refractivity contribution in [1.82, 2.24) is 10.2 Å². The summed E-state index contributed by atoms with van der Waals surface area (Å²) in [7, 11) is 0. The Morgan fingerprint density at radius 2 is 2.07 bits per heavy atom. The second-order valence-corrected chi connectivity index (χ2v) is 4.39. The van der Waals surface area contributed by atoms with Crippen LogP contribution in [0, 0.1) is 0 Å². The average Bonchev–Trinajstić information content (AvgIpc) is 2.50. The van der Waals surface area contributed by atoms with Crippen molar-refractivity contribution in [3.8, 4) is 0 Å². The number of nitrogens with one attached hydrogen (secondary N) is 1. The predicted molar refractivity (Wildman–Crippen MR) is 53.3 cm³/mol. The highest BCUT2D eigenvalue weighted by molar-refractivity contribution is 5.69. The Kier molecular flexibility index (Phi) is 2.74. The summed E-state index contributed by atoms with van der Waals surface area (Å²) in [6.07, 6.45) is 4.57. The summed E-state index contributed by atoms with van der Waals surface area (Å²) in [6.45, 7) is 3.26. The molecule has 2 aliphatic rings. The molecule has 0 unspecified atom stereocenters. The Morgan fingerprint density at radius 1 is 1.36 bits per heavy atom. The van der Waals surface area contributed by atoms with Crippen LogP contribution in [-0.2, 0) is 4.79 Å². The van der Waals surface area contributed by atoms with E-state index < -0.39 is 5.97 Å². The van der Waals surface area contributed by atoms with Crippen LogP contribution in [0.5, 0.6) is 0 Å². The van der Waals surface area contributed by atoms with Crippen LogP contribution in [0.3, 0.4) is 0 Å². The van der Waals surface area contributed by atoms with Gasteiger partial charge in [-0.05, 0) is 45.3 Å². The molecule has 4 nitrogen and oxygen atoms in total. The van der Waals surface area contributed by atoms with Crippen molar-refractivity contribution < 1.29 is 9.90 Å². The minimum absolute atomic E-state index is 0.212. The number of rotatable bonds is 2. The predicted octanol–water partition coefficient (Wildman–Crippen LogP) is 0.289.